The lowest BCUT2D eigenvalue weighted by molar-refractivity contribution is 0.264. The third kappa shape index (κ3) is 4.43. The van der Waals surface area contributed by atoms with E-state index >= 15 is 0 Å². The maximum Gasteiger partial charge on any atom is 0.207 e. The predicted molar refractivity (Wildman–Crippen MR) is 98.5 cm³/mol. The van der Waals surface area contributed by atoms with Crippen molar-refractivity contribution in [1.82, 2.24) is 4.67 Å². The third-order valence-corrected chi connectivity index (χ3v) is 6.19. The van der Waals surface area contributed by atoms with Crippen LogP contribution in [-0.2, 0) is 10.9 Å². The first-order chi connectivity index (χ1) is 10.5. The van der Waals surface area contributed by atoms with Gasteiger partial charge < -0.3 is 4.52 Å². The van der Waals surface area contributed by atoms with E-state index in [1.807, 2.05) is 0 Å². The molecular formula is C18H25ClNOP. The molecule has 4 heteroatoms. The SMILES string of the molecule is CC(C)N(C(C)C)P(Cl)OCCc1cccc2ccccc12. The van der Waals surface area contributed by atoms with Gasteiger partial charge in [-0.3, -0.25) is 0 Å². The van der Waals surface area contributed by atoms with Gasteiger partial charge in [-0.15, -0.1) is 0 Å². The summed E-state index contributed by atoms with van der Waals surface area (Å²) in [5.41, 5.74) is 1.32. The van der Waals surface area contributed by atoms with Crippen molar-refractivity contribution in [3.8, 4) is 0 Å². The molecule has 0 N–H and O–H groups in total. The second-order valence-electron chi connectivity index (χ2n) is 6.02. The Bertz CT molecular complexity index is 589. The zero-order valence-corrected chi connectivity index (χ0v) is 15.4. The first-order valence-corrected chi connectivity index (χ1v) is 9.96. The van der Waals surface area contributed by atoms with Crippen LogP contribution in [0.2, 0.25) is 0 Å². The first-order valence-electron chi connectivity index (χ1n) is 7.84. The molecule has 0 saturated carbocycles. The molecule has 2 aromatic carbocycles. The van der Waals surface area contributed by atoms with Crippen LogP contribution >= 0.6 is 18.9 Å². The Hall–Kier alpha value is -0.660. The van der Waals surface area contributed by atoms with Crippen LogP contribution < -0.4 is 0 Å². The predicted octanol–water partition coefficient (Wildman–Crippen LogP) is 5.98. The molecule has 120 valence electrons. The molecule has 0 aliphatic heterocycles. The average Bonchev–Trinajstić information content (AvgIpc) is 2.46. The fraction of sp³-hybridized carbons (Fsp3) is 0.444. The number of rotatable bonds is 7. The van der Waals surface area contributed by atoms with Crippen molar-refractivity contribution in [2.75, 3.05) is 6.61 Å². The van der Waals surface area contributed by atoms with E-state index in [0.29, 0.717) is 18.7 Å². The van der Waals surface area contributed by atoms with Gasteiger partial charge in [-0.05, 0) is 61.7 Å². The lowest BCUT2D eigenvalue weighted by atomic mass is 10.0. The zero-order chi connectivity index (χ0) is 16.1. The summed E-state index contributed by atoms with van der Waals surface area (Å²) in [6, 6.07) is 15.7. The Labute approximate surface area is 140 Å². The molecule has 1 atom stereocenters. The summed E-state index contributed by atoms with van der Waals surface area (Å²) in [5, 5.41) is 2.58. The Morgan fingerprint density at radius 2 is 1.64 bits per heavy atom. The van der Waals surface area contributed by atoms with Crippen LogP contribution in [0.1, 0.15) is 33.3 Å². The van der Waals surface area contributed by atoms with Crippen molar-refractivity contribution in [2.45, 2.75) is 46.2 Å². The van der Waals surface area contributed by atoms with Gasteiger partial charge in [0.15, 0.2) is 0 Å². The average molecular weight is 338 g/mol. The van der Waals surface area contributed by atoms with Crippen molar-refractivity contribution >= 4 is 29.7 Å². The van der Waals surface area contributed by atoms with Gasteiger partial charge in [-0.1, -0.05) is 42.5 Å². The summed E-state index contributed by atoms with van der Waals surface area (Å²) in [5.74, 6) is 0. The van der Waals surface area contributed by atoms with E-state index in [-0.39, 0.29) is 0 Å². The molecule has 0 fully saturated rings. The van der Waals surface area contributed by atoms with Crippen LogP contribution in [0.25, 0.3) is 10.8 Å². The zero-order valence-electron chi connectivity index (χ0n) is 13.8. The fourth-order valence-corrected chi connectivity index (χ4v) is 5.12. The monoisotopic (exact) mass is 337 g/mol. The molecule has 0 amide bonds. The molecule has 1 unspecified atom stereocenters. The van der Waals surface area contributed by atoms with E-state index in [1.165, 1.54) is 16.3 Å². The normalized spacial score (nSPS) is 13.5. The van der Waals surface area contributed by atoms with E-state index in [9.17, 15) is 0 Å². The topological polar surface area (TPSA) is 12.5 Å². The first kappa shape index (κ1) is 17.7. The molecule has 0 aromatic heterocycles. The maximum atomic E-state index is 6.49. The highest BCUT2D eigenvalue weighted by Crippen LogP contribution is 2.49. The second-order valence-corrected chi connectivity index (χ2v) is 8.06. The lowest BCUT2D eigenvalue weighted by Gasteiger charge is -2.33. The van der Waals surface area contributed by atoms with Crippen LogP contribution in [0.5, 0.6) is 0 Å². The highest BCUT2D eigenvalue weighted by atomic mass is 35.7. The van der Waals surface area contributed by atoms with Crippen molar-refractivity contribution < 1.29 is 4.52 Å². The summed E-state index contributed by atoms with van der Waals surface area (Å²) in [7, 11) is -1.06. The van der Waals surface area contributed by atoms with Crippen LogP contribution in [0.4, 0.5) is 0 Å². The molecule has 0 heterocycles. The van der Waals surface area contributed by atoms with Gasteiger partial charge in [0.1, 0.15) is 0 Å². The highest BCUT2D eigenvalue weighted by molar-refractivity contribution is 7.78. The van der Waals surface area contributed by atoms with E-state index in [4.69, 9.17) is 15.8 Å². The molecule has 22 heavy (non-hydrogen) atoms. The lowest BCUT2D eigenvalue weighted by Crippen LogP contribution is -2.31. The number of fused-ring (bicyclic) bond motifs is 1. The van der Waals surface area contributed by atoms with Crippen LogP contribution in [-0.4, -0.2) is 23.4 Å². The van der Waals surface area contributed by atoms with Crippen LogP contribution in [0.15, 0.2) is 42.5 Å². The van der Waals surface area contributed by atoms with Gasteiger partial charge in [-0.25, -0.2) is 4.67 Å². The molecule has 0 radical (unpaired) electrons. The Morgan fingerprint density at radius 1 is 1.00 bits per heavy atom. The summed E-state index contributed by atoms with van der Waals surface area (Å²) in [6.45, 7) is 9.29. The third-order valence-electron chi connectivity index (χ3n) is 3.69. The Balaban J connectivity index is 1.98. The van der Waals surface area contributed by atoms with Crippen LogP contribution in [0, 0.1) is 0 Å². The smallest absolute Gasteiger partial charge is 0.207 e. The quantitative estimate of drug-likeness (QED) is 0.576. The minimum atomic E-state index is -1.06. The number of halogens is 1. The standard InChI is InChI=1S/C18H25ClNOP/c1-14(2)20(15(3)4)22(19)21-13-12-17-10-7-9-16-8-5-6-11-18(16)17/h5-11,14-15H,12-13H2,1-4H3. The largest absolute Gasteiger partial charge is 0.331 e. The van der Waals surface area contributed by atoms with Crippen molar-refractivity contribution in [1.29, 1.82) is 0 Å². The molecule has 0 aliphatic rings. The second kappa shape index (κ2) is 8.26. The van der Waals surface area contributed by atoms with Gasteiger partial charge in [0.2, 0.25) is 7.65 Å². The Morgan fingerprint density at radius 3 is 2.32 bits per heavy atom. The van der Waals surface area contributed by atoms with Gasteiger partial charge in [0, 0.05) is 12.1 Å². The maximum absolute atomic E-state index is 6.49. The van der Waals surface area contributed by atoms with Crippen molar-refractivity contribution in [2.24, 2.45) is 0 Å². The van der Waals surface area contributed by atoms with E-state index in [0.717, 1.165) is 6.42 Å². The summed E-state index contributed by atoms with van der Waals surface area (Å²) >= 11 is 6.49. The molecule has 2 aromatic rings. The number of hydrogen-bond acceptors (Lipinski definition) is 2. The Kier molecular flexibility index (Phi) is 6.65. The molecule has 2 nitrogen and oxygen atoms in total. The fourth-order valence-electron chi connectivity index (χ4n) is 2.77. The van der Waals surface area contributed by atoms with Gasteiger partial charge >= 0.3 is 0 Å². The van der Waals surface area contributed by atoms with Gasteiger partial charge in [0.05, 0.1) is 6.61 Å². The van der Waals surface area contributed by atoms with Crippen LogP contribution in [0.3, 0.4) is 0 Å². The minimum absolute atomic E-state index is 0.390. The highest BCUT2D eigenvalue weighted by Gasteiger charge is 2.23. The van der Waals surface area contributed by atoms with E-state index < -0.39 is 7.65 Å². The molecule has 2 rings (SSSR count). The molecule has 0 spiro atoms. The molecule has 0 bridgehead atoms. The summed E-state index contributed by atoms with van der Waals surface area (Å²) in [4.78, 5) is 0. The number of benzene rings is 2. The molecule has 0 saturated heterocycles. The molecule has 0 aliphatic carbocycles. The number of nitrogens with zero attached hydrogens (tertiary/aromatic N) is 1. The van der Waals surface area contributed by atoms with Gasteiger partial charge in [0.25, 0.3) is 0 Å². The minimum Gasteiger partial charge on any atom is -0.331 e. The van der Waals surface area contributed by atoms with Crippen molar-refractivity contribution in [3.05, 3.63) is 48.0 Å². The summed E-state index contributed by atoms with van der Waals surface area (Å²) < 4.78 is 8.17. The van der Waals surface area contributed by atoms with Gasteiger partial charge in [-0.2, -0.15) is 0 Å². The van der Waals surface area contributed by atoms with E-state index in [1.54, 1.807) is 0 Å². The number of hydrogen-bond donors (Lipinski definition) is 0. The summed E-state index contributed by atoms with van der Waals surface area (Å²) in [6.07, 6.45) is 0.886. The van der Waals surface area contributed by atoms with E-state index in [2.05, 4.69) is 74.8 Å². The van der Waals surface area contributed by atoms with Crippen molar-refractivity contribution in [3.63, 3.8) is 0 Å². The molecular weight excluding hydrogens is 313 g/mol.